The van der Waals surface area contributed by atoms with E-state index in [1.807, 2.05) is 6.07 Å². The predicted octanol–water partition coefficient (Wildman–Crippen LogP) is 3.96. The number of benzene rings is 1. The minimum atomic E-state index is -0.368. The summed E-state index contributed by atoms with van der Waals surface area (Å²) in [6.45, 7) is 0.192. The van der Waals surface area contributed by atoms with E-state index in [0.717, 1.165) is 37.7 Å². The molecule has 0 atom stereocenters. The van der Waals surface area contributed by atoms with E-state index in [9.17, 15) is 9.50 Å². The number of halogens is 2. The van der Waals surface area contributed by atoms with Gasteiger partial charge in [-0.05, 0) is 42.4 Å². The van der Waals surface area contributed by atoms with Crippen molar-refractivity contribution in [3.8, 4) is 0 Å². The molecule has 0 aromatic heterocycles. The fraction of sp³-hybridized carbons (Fsp3) is 0.571. The zero-order valence-electron chi connectivity index (χ0n) is 9.88. The Bertz CT molecular complexity index is 386. The van der Waals surface area contributed by atoms with E-state index in [1.165, 1.54) is 12.5 Å². The van der Waals surface area contributed by atoms with Gasteiger partial charge in [0.05, 0.1) is 5.02 Å². The summed E-state index contributed by atoms with van der Waals surface area (Å²) in [4.78, 5) is 0. The van der Waals surface area contributed by atoms with Gasteiger partial charge < -0.3 is 5.11 Å². The number of aliphatic hydroxyl groups is 1. The largest absolute Gasteiger partial charge is 0.396 e. The van der Waals surface area contributed by atoms with Gasteiger partial charge in [-0.15, -0.1) is 0 Å². The molecule has 1 aliphatic carbocycles. The molecular formula is C14H18ClFO. The lowest BCUT2D eigenvalue weighted by molar-refractivity contribution is 0.0823. The molecule has 0 spiro atoms. The molecule has 0 unspecified atom stereocenters. The molecule has 1 saturated carbocycles. The first-order chi connectivity index (χ1) is 8.15. The van der Waals surface area contributed by atoms with Crippen molar-refractivity contribution >= 4 is 11.6 Å². The minimum Gasteiger partial charge on any atom is -0.396 e. The van der Waals surface area contributed by atoms with E-state index in [1.54, 1.807) is 6.07 Å². The van der Waals surface area contributed by atoms with Crippen LogP contribution in [-0.2, 0) is 6.42 Å². The van der Waals surface area contributed by atoms with Gasteiger partial charge in [-0.3, -0.25) is 0 Å². The van der Waals surface area contributed by atoms with Crippen LogP contribution in [0.1, 0.15) is 37.7 Å². The summed E-state index contributed by atoms with van der Waals surface area (Å²) in [5, 5.41) is 9.77. The van der Waals surface area contributed by atoms with Crippen LogP contribution in [0.2, 0.25) is 5.02 Å². The second kappa shape index (κ2) is 5.36. The zero-order valence-corrected chi connectivity index (χ0v) is 10.6. The molecule has 0 amide bonds. The van der Waals surface area contributed by atoms with E-state index in [2.05, 4.69) is 0 Å². The highest BCUT2D eigenvalue weighted by Crippen LogP contribution is 2.39. The molecule has 0 aliphatic heterocycles. The summed E-state index contributed by atoms with van der Waals surface area (Å²) in [6.07, 6.45) is 6.39. The monoisotopic (exact) mass is 256 g/mol. The SMILES string of the molecule is OCC1(Cc2ccc(Cl)c(F)c2)CCCCC1. The molecule has 0 radical (unpaired) electrons. The van der Waals surface area contributed by atoms with Crippen molar-refractivity contribution in [3.63, 3.8) is 0 Å². The molecule has 1 fully saturated rings. The van der Waals surface area contributed by atoms with Crippen molar-refractivity contribution in [3.05, 3.63) is 34.6 Å². The Hall–Kier alpha value is -0.600. The molecule has 1 aromatic carbocycles. The Morgan fingerprint density at radius 1 is 1.24 bits per heavy atom. The molecule has 1 N–H and O–H groups in total. The lowest BCUT2D eigenvalue weighted by Crippen LogP contribution is -2.30. The van der Waals surface area contributed by atoms with Crippen LogP contribution in [0.15, 0.2) is 18.2 Å². The fourth-order valence-electron chi connectivity index (χ4n) is 2.78. The number of hydrogen-bond acceptors (Lipinski definition) is 1. The van der Waals surface area contributed by atoms with E-state index >= 15 is 0 Å². The Balaban J connectivity index is 2.14. The molecule has 17 heavy (non-hydrogen) atoms. The zero-order chi connectivity index (χ0) is 12.3. The van der Waals surface area contributed by atoms with Crippen LogP contribution < -0.4 is 0 Å². The maximum atomic E-state index is 13.4. The third-order valence-electron chi connectivity index (χ3n) is 3.81. The van der Waals surface area contributed by atoms with E-state index in [-0.39, 0.29) is 22.9 Å². The first-order valence-electron chi connectivity index (χ1n) is 6.20. The van der Waals surface area contributed by atoms with Crippen molar-refractivity contribution < 1.29 is 9.50 Å². The maximum Gasteiger partial charge on any atom is 0.142 e. The quantitative estimate of drug-likeness (QED) is 0.868. The third kappa shape index (κ3) is 2.99. The van der Waals surface area contributed by atoms with Gasteiger partial charge in [-0.1, -0.05) is 36.9 Å². The van der Waals surface area contributed by atoms with E-state index in [0.29, 0.717) is 0 Å². The number of rotatable bonds is 3. The summed E-state index contributed by atoms with van der Waals surface area (Å²) in [5.74, 6) is -0.368. The van der Waals surface area contributed by atoms with Crippen molar-refractivity contribution in [2.45, 2.75) is 38.5 Å². The van der Waals surface area contributed by atoms with Crippen LogP contribution in [0.4, 0.5) is 4.39 Å². The molecule has 0 heterocycles. The molecule has 2 rings (SSSR count). The topological polar surface area (TPSA) is 20.2 Å². The summed E-state index contributed by atoms with van der Waals surface area (Å²) < 4.78 is 13.4. The van der Waals surface area contributed by atoms with Crippen molar-refractivity contribution in [1.29, 1.82) is 0 Å². The highest BCUT2D eigenvalue weighted by atomic mass is 35.5. The van der Waals surface area contributed by atoms with Crippen molar-refractivity contribution in [2.24, 2.45) is 5.41 Å². The summed E-state index contributed by atoms with van der Waals surface area (Å²) in [6, 6.07) is 4.95. The summed E-state index contributed by atoms with van der Waals surface area (Å²) in [7, 11) is 0. The average Bonchev–Trinajstić information content (AvgIpc) is 2.35. The van der Waals surface area contributed by atoms with Gasteiger partial charge in [0.1, 0.15) is 5.82 Å². The van der Waals surface area contributed by atoms with Crippen LogP contribution in [0.3, 0.4) is 0 Å². The van der Waals surface area contributed by atoms with Crippen molar-refractivity contribution in [2.75, 3.05) is 6.61 Å². The first-order valence-corrected chi connectivity index (χ1v) is 6.58. The lowest BCUT2D eigenvalue weighted by Gasteiger charge is -2.35. The number of aliphatic hydroxyl groups excluding tert-OH is 1. The van der Waals surface area contributed by atoms with Gasteiger partial charge in [0.2, 0.25) is 0 Å². The van der Waals surface area contributed by atoms with Crippen LogP contribution >= 0.6 is 11.6 Å². The van der Waals surface area contributed by atoms with Crippen LogP contribution in [0, 0.1) is 11.2 Å². The summed E-state index contributed by atoms with van der Waals surface area (Å²) >= 11 is 5.67. The maximum absolute atomic E-state index is 13.4. The fourth-order valence-corrected chi connectivity index (χ4v) is 2.89. The molecular weight excluding hydrogens is 239 g/mol. The van der Waals surface area contributed by atoms with Crippen LogP contribution in [-0.4, -0.2) is 11.7 Å². The van der Waals surface area contributed by atoms with Gasteiger partial charge in [-0.2, -0.15) is 0 Å². The second-order valence-electron chi connectivity index (χ2n) is 5.14. The highest BCUT2D eigenvalue weighted by Gasteiger charge is 2.31. The predicted molar refractivity (Wildman–Crippen MR) is 67.7 cm³/mol. The molecule has 1 aliphatic rings. The molecule has 0 bridgehead atoms. The van der Waals surface area contributed by atoms with Crippen molar-refractivity contribution in [1.82, 2.24) is 0 Å². The first kappa shape index (κ1) is 12.8. The van der Waals surface area contributed by atoms with Crippen LogP contribution in [0.25, 0.3) is 0 Å². The smallest absolute Gasteiger partial charge is 0.142 e. The van der Waals surface area contributed by atoms with Crippen LogP contribution in [0.5, 0.6) is 0 Å². The van der Waals surface area contributed by atoms with E-state index < -0.39 is 0 Å². The molecule has 3 heteroatoms. The van der Waals surface area contributed by atoms with Gasteiger partial charge in [0.15, 0.2) is 0 Å². The molecule has 0 saturated heterocycles. The molecule has 1 aromatic rings. The Kier molecular flexibility index (Phi) is 4.05. The van der Waals surface area contributed by atoms with Gasteiger partial charge in [0, 0.05) is 6.61 Å². The molecule has 94 valence electrons. The third-order valence-corrected chi connectivity index (χ3v) is 4.12. The molecule has 1 nitrogen and oxygen atoms in total. The highest BCUT2D eigenvalue weighted by molar-refractivity contribution is 6.30. The van der Waals surface area contributed by atoms with Gasteiger partial charge >= 0.3 is 0 Å². The minimum absolute atomic E-state index is 0.0431. The van der Waals surface area contributed by atoms with Gasteiger partial charge in [0.25, 0.3) is 0 Å². The Labute approximate surface area is 107 Å². The Morgan fingerprint density at radius 2 is 1.94 bits per heavy atom. The normalized spacial score (nSPS) is 19.2. The lowest BCUT2D eigenvalue weighted by atomic mass is 9.71. The standard InChI is InChI=1S/C14H18ClFO/c15-12-5-4-11(8-13(12)16)9-14(10-17)6-2-1-3-7-14/h4-5,8,17H,1-3,6-7,9-10H2. The van der Waals surface area contributed by atoms with E-state index in [4.69, 9.17) is 11.6 Å². The number of hydrogen-bond donors (Lipinski definition) is 1. The average molecular weight is 257 g/mol. The Morgan fingerprint density at radius 3 is 2.53 bits per heavy atom. The second-order valence-corrected chi connectivity index (χ2v) is 5.55. The summed E-state index contributed by atoms with van der Waals surface area (Å²) in [5.41, 5.74) is 0.890. The van der Waals surface area contributed by atoms with Gasteiger partial charge in [-0.25, -0.2) is 4.39 Å².